The van der Waals surface area contributed by atoms with Crippen molar-refractivity contribution in [3.8, 4) is 22.9 Å². The summed E-state index contributed by atoms with van der Waals surface area (Å²) in [5.41, 5.74) is 1.60. The minimum Gasteiger partial charge on any atom is -0.493 e. The highest BCUT2D eigenvalue weighted by Crippen LogP contribution is 2.23. The van der Waals surface area contributed by atoms with Crippen molar-refractivity contribution in [1.82, 2.24) is 9.97 Å². The Bertz CT molecular complexity index is 613. The van der Waals surface area contributed by atoms with Crippen LogP contribution >= 0.6 is 25.3 Å². The van der Waals surface area contributed by atoms with Gasteiger partial charge in [-0.05, 0) is 49.3 Å². The molecule has 2 aromatic heterocycles. The van der Waals surface area contributed by atoms with Crippen molar-refractivity contribution in [3.05, 3.63) is 36.7 Å². The molecular weight excluding hydrogens is 388 g/mol. The number of aromatic nitrogens is 2. The minimum atomic E-state index is 0.722. The van der Waals surface area contributed by atoms with Crippen LogP contribution in [0.2, 0.25) is 0 Å². The van der Waals surface area contributed by atoms with Crippen LogP contribution in [0.3, 0.4) is 0 Å². The third-order valence-corrected chi connectivity index (χ3v) is 5.00. The van der Waals surface area contributed by atoms with Crippen molar-refractivity contribution < 1.29 is 9.47 Å². The first-order valence-corrected chi connectivity index (χ1v) is 11.5. The van der Waals surface area contributed by atoms with Gasteiger partial charge in [0.05, 0.1) is 24.6 Å². The van der Waals surface area contributed by atoms with Gasteiger partial charge < -0.3 is 9.47 Å². The molecule has 2 aromatic rings. The summed E-state index contributed by atoms with van der Waals surface area (Å²) in [4.78, 5) is 8.87. The van der Waals surface area contributed by atoms with Crippen molar-refractivity contribution in [2.24, 2.45) is 0 Å². The van der Waals surface area contributed by atoms with E-state index in [9.17, 15) is 0 Å². The van der Waals surface area contributed by atoms with Gasteiger partial charge in [-0.25, -0.2) is 0 Å². The molecule has 0 saturated heterocycles. The van der Waals surface area contributed by atoms with E-state index < -0.39 is 0 Å². The average Bonchev–Trinajstić information content (AvgIpc) is 2.73. The standard InChI is InChI=1S/C22H32N2O2S2/c27-15-7-3-1-5-13-25-19-9-11-23-21(17-19)22-18-20(10-12-24-22)26-14-6-2-4-8-16-28/h9-12,17-18,27-28H,1-8,13-16H2. The monoisotopic (exact) mass is 420 g/mol. The first-order chi connectivity index (χ1) is 13.8. The van der Waals surface area contributed by atoms with Crippen LogP contribution < -0.4 is 9.47 Å². The molecule has 4 nitrogen and oxygen atoms in total. The maximum atomic E-state index is 5.87. The van der Waals surface area contributed by atoms with Crippen molar-refractivity contribution in [1.29, 1.82) is 0 Å². The van der Waals surface area contributed by atoms with Crippen LogP contribution in [0.1, 0.15) is 51.4 Å². The zero-order chi connectivity index (χ0) is 19.9. The summed E-state index contributed by atoms with van der Waals surface area (Å²) in [5, 5.41) is 0. The maximum Gasteiger partial charge on any atom is 0.123 e. The van der Waals surface area contributed by atoms with Crippen molar-refractivity contribution >= 4 is 25.3 Å². The average molecular weight is 421 g/mol. The lowest BCUT2D eigenvalue weighted by atomic mass is 10.2. The smallest absolute Gasteiger partial charge is 0.123 e. The van der Waals surface area contributed by atoms with E-state index in [4.69, 9.17) is 9.47 Å². The van der Waals surface area contributed by atoms with E-state index in [-0.39, 0.29) is 0 Å². The van der Waals surface area contributed by atoms with Crippen LogP contribution in [0.25, 0.3) is 11.4 Å². The molecule has 0 aliphatic heterocycles. The summed E-state index contributed by atoms with van der Waals surface area (Å²) in [6.07, 6.45) is 12.7. The molecule has 0 amide bonds. The molecule has 2 heterocycles. The van der Waals surface area contributed by atoms with Gasteiger partial charge in [0.1, 0.15) is 11.5 Å². The summed E-state index contributed by atoms with van der Waals surface area (Å²) in [6, 6.07) is 7.67. The number of thiol groups is 2. The normalized spacial score (nSPS) is 10.8. The molecule has 0 saturated carbocycles. The zero-order valence-electron chi connectivity index (χ0n) is 16.6. The SMILES string of the molecule is SCCCCCCOc1ccnc(-c2cc(OCCCCCCS)ccn2)c1. The van der Waals surface area contributed by atoms with Gasteiger partial charge in [-0.15, -0.1) is 0 Å². The van der Waals surface area contributed by atoms with Gasteiger partial charge in [-0.3, -0.25) is 9.97 Å². The summed E-state index contributed by atoms with van der Waals surface area (Å²) in [7, 11) is 0. The van der Waals surface area contributed by atoms with Crippen LogP contribution in [0, 0.1) is 0 Å². The molecule has 0 spiro atoms. The summed E-state index contributed by atoms with van der Waals surface area (Å²) in [5.74, 6) is 3.58. The third-order valence-electron chi connectivity index (χ3n) is 4.37. The maximum absolute atomic E-state index is 5.87. The molecular formula is C22H32N2O2S2. The summed E-state index contributed by atoms with van der Waals surface area (Å²) < 4.78 is 11.7. The lowest BCUT2D eigenvalue weighted by Crippen LogP contribution is -1.99. The van der Waals surface area contributed by atoms with E-state index in [1.807, 2.05) is 24.3 Å². The second kappa shape index (κ2) is 14.6. The minimum absolute atomic E-state index is 0.722. The first-order valence-electron chi connectivity index (χ1n) is 10.2. The largest absolute Gasteiger partial charge is 0.493 e. The summed E-state index contributed by atoms with van der Waals surface area (Å²) in [6.45, 7) is 1.44. The fourth-order valence-corrected chi connectivity index (χ4v) is 3.24. The number of nitrogens with zero attached hydrogens (tertiary/aromatic N) is 2. The molecule has 0 aromatic carbocycles. The van der Waals surface area contributed by atoms with Crippen LogP contribution in [-0.2, 0) is 0 Å². The van der Waals surface area contributed by atoms with Crippen LogP contribution in [0.15, 0.2) is 36.7 Å². The highest BCUT2D eigenvalue weighted by molar-refractivity contribution is 7.80. The molecule has 0 radical (unpaired) electrons. The van der Waals surface area contributed by atoms with E-state index in [2.05, 4.69) is 35.2 Å². The van der Waals surface area contributed by atoms with E-state index in [1.54, 1.807) is 12.4 Å². The van der Waals surface area contributed by atoms with E-state index in [0.29, 0.717) is 0 Å². The number of pyridine rings is 2. The Balaban J connectivity index is 1.82. The first kappa shape index (κ1) is 22.9. The number of hydrogen-bond acceptors (Lipinski definition) is 6. The Labute approximate surface area is 180 Å². The molecule has 154 valence electrons. The molecule has 0 fully saturated rings. The summed E-state index contributed by atoms with van der Waals surface area (Å²) >= 11 is 8.47. The van der Waals surface area contributed by atoms with Crippen molar-refractivity contribution in [3.63, 3.8) is 0 Å². The molecule has 0 unspecified atom stereocenters. The Morgan fingerprint density at radius 1 is 0.607 bits per heavy atom. The Kier molecular flexibility index (Phi) is 11.9. The third kappa shape index (κ3) is 9.20. The zero-order valence-corrected chi connectivity index (χ0v) is 18.3. The van der Waals surface area contributed by atoms with Gasteiger partial charge in [-0.1, -0.05) is 25.7 Å². The van der Waals surface area contributed by atoms with Crippen LogP contribution in [0.4, 0.5) is 0 Å². The number of rotatable bonds is 15. The lowest BCUT2D eigenvalue weighted by Gasteiger charge is -2.09. The molecule has 6 heteroatoms. The Morgan fingerprint density at radius 2 is 1.04 bits per heavy atom. The molecule has 0 bridgehead atoms. The predicted molar refractivity (Wildman–Crippen MR) is 123 cm³/mol. The molecule has 0 N–H and O–H groups in total. The topological polar surface area (TPSA) is 44.2 Å². The van der Waals surface area contributed by atoms with E-state index in [0.717, 1.165) is 60.4 Å². The second-order valence-electron chi connectivity index (χ2n) is 6.73. The van der Waals surface area contributed by atoms with Gasteiger partial charge in [0.25, 0.3) is 0 Å². The highest BCUT2D eigenvalue weighted by Gasteiger charge is 2.05. The molecule has 0 aliphatic rings. The number of unbranched alkanes of at least 4 members (excludes halogenated alkanes) is 6. The van der Waals surface area contributed by atoms with Gasteiger partial charge in [-0.2, -0.15) is 25.3 Å². The fourth-order valence-electron chi connectivity index (χ4n) is 2.80. The Hall–Kier alpha value is -1.40. The quantitative estimate of drug-likeness (QED) is 0.279. The van der Waals surface area contributed by atoms with Crippen LogP contribution in [0.5, 0.6) is 11.5 Å². The predicted octanol–water partition coefficient (Wildman–Crippen LogP) is 5.88. The number of hydrogen-bond donors (Lipinski definition) is 2. The van der Waals surface area contributed by atoms with Gasteiger partial charge in [0.15, 0.2) is 0 Å². The van der Waals surface area contributed by atoms with Gasteiger partial charge in [0.2, 0.25) is 0 Å². The molecule has 0 atom stereocenters. The highest BCUT2D eigenvalue weighted by atomic mass is 32.1. The van der Waals surface area contributed by atoms with Crippen LogP contribution in [-0.4, -0.2) is 34.7 Å². The lowest BCUT2D eigenvalue weighted by molar-refractivity contribution is 0.304. The Morgan fingerprint density at radius 3 is 1.46 bits per heavy atom. The molecule has 28 heavy (non-hydrogen) atoms. The molecule has 2 rings (SSSR count). The molecule has 0 aliphatic carbocycles. The van der Waals surface area contributed by atoms with E-state index >= 15 is 0 Å². The van der Waals surface area contributed by atoms with Gasteiger partial charge >= 0.3 is 0 Å². The van der Waals surface area contributed by atoms with Crippen molar-refractivity contribution in [2.75, 3.05) is 24.7 Å². The van der Waals surface area contributed by atoms with Gasteiger partial charge in [0, 0.05) is 24.5 Å². The number of ether oxygens (including phenoxy) is 2. The van der Waals surface area contributed by atoms with Crippen molar-refractivity contribution in [2.45, 2.75) is 51.4 Å². The van der Waals surface area contributed by atoms with E-state index in [1.165, 1.54) is 38.5 Å². The second-order valence-corrected chi connectivity index (χ2v) is 7.62. The fraction of sp³-hybridized carbons (Fsp3) is 0.545.